The Morgan fingerprint density at radius 2 is 1.93 bits per heavy atom. The van der Waals surface area contributed by atoms with E-state index in [0.29, 0.717) is 17.0 Å². The van der Waals surface area contributed by atoms with Crippen molar-refractivity contribution in [1.82, 2.24) is 19.5 Å². The van der Waals surface area contributed by atoms with E-state index in [2.05, 4.69) is 10.4 Å². The van der Waals surface area contributed by atoms with Crippen LogP contribution in [-0.2, 0) is 4.74 Å². The quantitative estimate of drug-likeness (QED) is 0.704. The summed E-state index contributed by atoms with van der Waals surface area (Å²) in [5.41, 5.74) is 0.0838. The second-order valence-electron chi connectivity index (χ2n) is 7.38. The number of benzene rings is 1. The first-order valence-electron chi connectivity index (χ1n) is 9.06. The van der Waals surface area contributed by atoms with Gasteiger partial charge in [0, 0.05) is 12.8 Å². The average Bonchev–Trinajstić information content (AvgIpc) is 3.09. The van der Waals surface area contributed by atoms with Crippen LogP contribution >= 0.6 is 0 Å². The van der Waals surface area contributed by atoms with Crippen molar-refractivity contribution < 1.29 is 14.6 Å². The Bertz CT molecular complexity index is 1020. The summed E-state index contributed by atoms with van der Waals surface area (Å²) in [5.74, 6) is 0.305. The first-order valence-corrected chi connectivity index (χ1v) is 9.06. The summed E-state index contributed by atoms with van der Waals surface area (Å²) in [5, 5.41) is 16.8. The lowest BCUT2D eigenvalue weighted by Crippen LogP contribution is -2.39. The van der Waals surface area contributed by atoms with Crippen LogP contribution in [0.15, 0.2) is 53.5 Å². The first-order chi connectivity index (χ1) is 13.3. The number of alkyl carbamates (subject to hydrolysis) is 1. The maximum absolute atomic E-state index is 13.1. The van der Waals surface area contributed by atoms with Gasteiger partial charge in [0.1, 0.15) is 11.1 Å². The summed E-state index contributed by atoms with van der Waals surface area (Å²) in [6, 6.07) is 11.7. The van der Waals surface area contributed by atoms with E-state index in [1.54, 1.807) is 51.2 Å². The predicted octanol–water partition coefficient (Wildman–Crippen LogP) is 2.43. The number of amides is 1. The number of ether oxygens (including phenoxy) is 1. The van der Waals surface area contributed by atoms with Crippen molar-refractivity contribution >= 4 is 11.6 Å². The number of hydrogen-bond donors (Lipinski definition) is 2. The van der Waals surface area contributed by atoms with Crippen molar-refractivity contribution in [3.8, 4) is 5.69 Å². The highest BCUT2D eigenvalue weighted by Crippen LogP contribution is 2.19. The van der Waals surface area contributed by atoms with Crippen LogP contribution < -0.4 is 10.9 Å². The normalized spacial score (nSPS) is 12.7. The molecule has 1 amide bonds. The highest BCUT2D eigenvalue weighted by molar-refractivity contribution is 5.68. The predicted molar refractivity (Wildman–Crippen MR) is 105 cm³/mol. The number of nitrogens with zero attached hydrogens (tertiary/aromatic N) is 3. The summed E-state index contributed by atoms with van der Waals surface area (Å²) >= 11 is 0. The maximum atomic E-state index is 13.1. The molecule has 0 spiro atoms. The number of rotatable bonds is 5. The SMILES string of the molecule is CC(C)(C)OC(=O)N[C@@H](CCO)c1nn2cccc2c(=O)n1-c1ccccc1. The van der Waals surface area contributed by atoms with E-state index in [-0.39, 0.29) is 18.6 Å². The number of carbonyl (C=O) groups is 1. The zero-order chi connectivity index (χ0) is 20.3. The molecule has 28 heavy (non-hydrogen) atoms. The standard InChI is InChI=1S/C20H24N4O4/c1-20(2,3)28-19(27)21-15(11-13-25)17-22-23-12-7-10-16(23)18(26)24(17)14-8-5-4-6-9-14/h4-10,12,15,25H,11,13H2,1-3H3,(H,21,27)/t15-/m0/s1. The van der Waals surface area contributed by atoms with Crippen molar-refractivity contribution in [2.45, 2.75) is 38.8 Å². The zero-order valence-electron chi connectivity index (χ0n) is 16.1. The number of carbonyl (C=O) groups excluding carboxylic acids is 1. The Morgan fingerprint density at radius 3 is 2.57 bits per heavy atom. The van der Waals surface area contributed by atoms with Gasteiger partial charge in [-0.15, -0.1) is 0 Å². The molecule has 2 aromatic heterocycles. The highest BCUT2D eigenvalue weighted by atomic mass is 16.6. The van der Waals surface area contributed by atoms with Gasteiger partial charge in [-0.1, -0.05) is 18.2 Å². The lowest BCUT2D eigenvalue weighted by Gasteiger charge is -2.24. The van der Waals surface area contributed by atoms with Gasteiger partial charge in [0.05, 0.1) is 11.7 Å². The monoisotopic (exact) mass is 384 g/mol. The molecule has 0 unspecified atom stereocenters. The van der Waals surface area contributed by atoms with Gasteiger partial charge in [0.25, 0.3) is 5.56 Å². The van der Waals surface area contributed by atoms with E-state index in [0.717, 1.165) is 0 Å². The van der Waals surface area contributed by atoms with Crippen molar-refractivity contribution in [3.05, 3.63) is 64.8 Å². The first kappa shape index (κ1) is 19.6. The lowest BCUT2D eigenvalue weighted by atomic mass is 10.2. The van der Waals surface area contributed by atoms with Crippen LogP contribution in [0.5, 0.6) is 0 Å². The maximum Gasteiger partial charge on any atom is 0.408 e. The van der Waals surface area contributed by atoms with Crippen molar-refractivity contribution in [1.29, 1.82) is 0 Å². The molecule has 2 heterocycles. The molecule has 1 atom stereocenters. The largest absolute Gasteiger partial charge is 0.444 e. The van der Waals surface area contributed by atoms with E-state index in [4.69, 9.17) is 4.74 Å². The second-order valence-corrected chi connectivity index (χ2v) is 7.38. The smallest absolute Gasteiger partial charge is 0.408 e. The second kappa shape index (κ2) is 7.85. The molecule has 3 aromatic rings. The molecule has 0 aliphatic heterocycles. The van der Waals surface area contributed by atoms with Crippen LogP contribution in [0.2, 0.25) is 0 Å². The minimum absolute atomic E-state index is 0.172. The van der Waals surface area contributed by atoms with E-state index in [9.17, 15) is 14.7 Å². The molecule has 3 rings (SSSR count). The van der Waals surface area contributed by atoms with Crippen LogP contribution in [0.3, 0.4) is 0 Å². The molecule has 0 saturated heterocycles. The average molecular weight is 384 g/mol. The third-order valence-corrected chi connectivity index (χ3v) is 4.02. The molecular weight excluding hydrogens is 360 g/mol. The summed E-state index contributed by atoms with van der Waals surface area (Å²) in [4.78, 5) is 25.5. The Morgan fingerprint density at radius 1 is 1.21 bits per heavy atom. The molecule has 0 radical (unpaired) electrons. The van der Waals surface area contributed by atoms with Crippen LogP contribution in [0.4, 0.5) is 4.79 Å². The van der Waals surface area contributed by atoms with Gasteiger partial charge in [-0.05, 0) is 51.5 Å². The van der Waals surface area contributed by atoms with E-state index in [1.807, 2.05) is 18.2 Å². The van der Waals surface area contributed by atoms with Crippen LogP contribution in [-0.4, -0.2) is 37.6 Å². The van der Waals surface area contributed by atoms with Gasteiger partial charge < -0.3 is 15.2 Å². The van der Waals surface area contributed by atoms with Crippen LogP contribution in [0.1, 0.15) is 39.1 Å². The third kappa shape index (κ3) is 4.23. The number of aliphatic hydroxyl groups is 1. The molecule has 0 saturated carbocycles. The minimum Gasteiger partial charge on any atom is -0.444 e. The lowest BCUT2D eigenvalue weighted by molar-refractivity contribution is 0.0492. The Balaban J connectivity index is 2.12. The van der Waals surface area contributed by atoms with Crippen LogP contribution in [0.25, 0.3) is 11.2 Å². The zero-order valence-corrected chi connectivity index (χ0v) is 16.1. The fourth-order valence-corrected chi connectivity index (χ4v) is 2.90. The van der Waals surface area contributed by atoms with Gasteiger partial charge in [0.2, 0.25) is 0 Å². The van der Waals surface area contributed by atoms with Gasteiger partial charge in [0.15, 0.2) is 5.82 Å². The number of nitrogens with one attached hydrogen (secondary N) is 1. The van der Waals surface area contributed by atoms with Gasteiger partial charge in [-0.25, -0.2) is 9.31 Å². The van der Waals surface area contributed by atoms with Gasteiger partial charge in [-0.2, -0.15) is 5.10 Å². The number of aromatic nitrogens is 3. The van der Waals surface area contributed by atoms with Crippen molar-refractivity contribution in [3.63, 3.8) is 0 Å². The molecular formula is C20H24N4O4. The Labute approximate surface area is 162 Å². The van der Waals surface area contributed by atoms with Gasteiger partial charge >= 0.3 is 6.09 Å². The van der Waals surface area contributed by atoms with Crippen molar-refractivity contribution in [2.75, 3.05) is 6.61 Å². The molecule has 0 bridgehead atoms. The fourth-order valence-electron chi connectivity index (χ4n) is 2.90. The third-order valence-electron chi connectivity index (χ3n) is 4.02. The summed E-state index contributed by atoms with van der Waals surface area (Å²) in [6.07, 6.45) is 1.19. The minimum atomic E-state index is -0.723. The molecule has 0 aliphatic carbocycles. The van der Waals surface area contributed by atoms with E-state index < -0.39 is 17.7 Å². The Hall–Kier alpha value is -3.13. The number of hydrogen-bond acceptors (Lipinski definition) is 5. The van der Waals surface area contributed by atoms with E-state index >= 15 is 0 Å². The summed E-state index contributed by atoms with van der Waals surface area (Å²) in [6.45, 7) is 5.09. The molecule has 2 N–H and O–H groups in total. The molecule has 148 valence electrons. The number of aliphatic hydroxyl groups excluding tert-OH is 1. The van der Waals surface area contributed by atoms with Gasteiger partial charge in [-0.3, -0.25) is 9.36 Å². The topological polar surface area (TPSA) is 97.9 Å². The molecule has 1 aromatic carbocycles. The summed E-state index contributed by atoms with van der Waals surface area (Å²) in [7, 11) is 0. The highest BCUT2D eigenvalue weighted by Gasteiger charge is 2.25. The molecule has 8 nitrogen and oxygen atoms in total. The number of para-hydroxylation sites is 1. The number of fused-ring (bicyclic) bond motifs is 1. The molecule has 0 aliphatic rings. The fraction of sp³-hybridized carbons (Fsp3) is 0.350. The van der Waals surface area contributed by atoms with Crippen molar-refractivity contribution in [2.24, 2.45) is 0 Å². The molecule has 8 heteroatoms. The summed E-state index contributed by atoms with van der Waals surface area (Å²) < 4.78 is 8.25. The van der Waals surface area contributed by atoms with Crippen LogP contribution in [0, 0.1) is 0 Å². The Kier molecular flexibility index (Phi) is 5.51. The molecule has 0 fully saturated rings. The van der Waals surface area contributed by atoms with E-state index in [1.165, 1.54) is 9.08 Å².